The second kappa shape index (κ2) is 9.40. The lowest BCUT2D eigenvalue weighted by Gasteiger charge is -2.14. The number of ether oxygens (including phenoxy) is 1. The summed E-state index contributed by atoms with van der Waals surface area (Å²) in [4.78, 5) is 12.1. The topological polar surface area (TPSA) is 58.6 Å². The fourth-order valence-electron chi connectivity index (χ4n) is 4.05. The van der Waals surface area contributed by atoms with Crippen LogP contribution in [0.3, 0.4) is 0 Å². The van der Waals surface area contributed by atoms with Crippen LogP contribution in [0.4, 0.5) is 18.0 Å². The molecule has 0 aromatic heterocycles. The first kappa shape index (κ1) is 22.5. The molecule has 1 aliphatic rings. The third-order valence-electron chi connectivity index (χ3n) is 5.56. The van der Waals surface area contributed by atoms with Crippen molar-refractivity contribution in [3.8, 4) is 16.9 Å². The molecular formula is C26H22F3NO3. The number of carbonyl (C=O) groups excluding carboxylic acids is 1. The van der Waals surface area contributed by atoms with E-state index in [1.165, 1.54) is 24.3 Å². The van der Waals surface area contributed by atoms with Gasteiger partial charge in [-0.2, -0.15) is 13.2 Å². The van der Waals surface area contributed by atoms with Crippen molar-refractivity contribution >= 4 is 12.2 Å². The molecule has 0 saturated carbocycles. The quantitative estimate of drug-likeness (QED) is 0.428. The van der Waals surface area contributed by atoms with Crippen molar-refractivity contribution in [1.29, 1.82) is 0 Å². The third kappa shape index (κ3) is 5.03. The van der Waals surface area contributed by atoms with Crippen LogP contribution in [0.5, 0.6) is 5.75 Å². The Kier molecular flexibility index (Phi) is 6.40. The van der Waals surface area contributed by atoms with Gasteiger partial charge in [0.1, 0.15) is 12.4 Å². The van der Waals surface area contributed by atoms with Gasteiger partial charge in [0, 0.05) is 12.5 Å². The zero-order chi connectivity index (χ0) is 23.4. The van der Waals surface area contributed by atoms with Crippen molar-refractivity contribution in [2.75, 3.05) is 13.2 Å². The monoisotopic (exact) mass is 453 g/mol. The highest BCUT2D eigenvalue weighted by atomic mass is 19.4. The average Bonchev–Trinajstić information content (AvgIpc) is 3.11. The zero-order valence-electron chi connectivity index (χ0n) is 17.6. The summed E-state index contributed by atoms with van der Waals surface area (Å²) in [6.45, 7) is 0.407. The van der Waals surface area contributed by atoms with Crippen LogP contribution in [0, 0.1) is 0 Å². The van der Waals surface area contributed by atoms with E-state index in [1.807, 2.05) is 36.4 Å². The molecule has 3 aromatic carbocycles. The van der Waals surface area contributed by atoms with Crippen LogP contribution in [0.25, 0.3) is 17.2 Å². The van der Waals surface area contributed by atoms with Gasteiger partial charge in [-0.3, -0.25) is 0 Å². The number of rotatable bonds is 6. The van der Waals surface area contributed by atoms with E-state index in [0.29, 0.717) is 12.5 Å². The number of phenolic OH excluding ortho intramolecular Hbond substituents is 1. The maximum absolute atomic E-state index is 13.1. The second-order valence-electron chi connectivity index (χ2n) is 7.71. The van der Waals surface area contributed by atoms with Gasteiger partial charge < -0.3 is 15.2 Å². The van der Waals surface area contributed by atoms with Crippen molar-refractivity contribution < 1.29 is 27.8 Å². The Bertz CT molecular complexity index is 1140. The van der Waals surface area contributed by atoms with E-state index >= 15 is 0 Å². The summed E-state index contributed by atoms with van der Waals surface area (Å²) in [6, 6.07) is 19.1. The Morgan fingerprint density at radius 3 is 2.27 bits per heavy atom. The first-order valence-electron chi connectivity index (χ1n) is 10.5. The summed E-state index contributed by atoms with van der Waals surface area (Å²) in [5.41, 5.74) is 3.54. The molecule has 4 rings (SSSR count). The number of carbonyl (C=O) groups is 1. The van der Waals surface area contributed by atoms with Gasteiger partial charge in [-0.05, 0) is 46.4 Å². The molecule has 170 valence electrons. The van der Waals surface area contributed by atoms with Crippen LogP contribution >= 0.6 is 0 Å². The predicted molar refractivity (Wildman–Crippen MR) is 120 cm³/mol. The summed E-state index contributed by atoms with van der Waals surface area (Å²) in [7, 11) is 0. The molecule has 0 fully saturated rings. The SMILES string of the molecule is O=C(NCCC=Cc1ccc(O)cc1C(F)(F)F)OCC1c2ccccc2-c2ccccc21. The predicted octanol–water partition coefficient (Wildman–Crippen LogP) is 6.35. The molecule has 0 bridgehead atoms. The third-order valence-corrected chi connectivity index (χ3v) is 5.56. The normalized spacial score (nSPS) is 13.1. The lowest BCUT2D eigenvalue weighted by Crippen LogP contribution is -2.26. The maximum Gasteiger partial charge on any atom is 0.417 e. The Morgan fingerprint density at radius 2 is 1.64 bits per heavy atom. The Morgan fingerprint density at radius 1 is 1.00 bits per heavy atom. The van der Waals surface area contributed by atoms with Gasteiger partial charge in [-0.1, -0.05) is 66.7 Å². The van der Waals surface area contributed by atoms with E-state index in [0.717, 1.165) is 22.3 Å². The van der Waals surface area contributed by atoms with Crippen molar-refractivity contribution in [2.45, 2.75) is 18.5 Å². The van der Waals surface area contributed by atoms with Gasteiger partial charge in [0.25, 0.3) is 0 Å². The van der Waals surface area contributed by atoms with Gasteiger partial charge >= 0.3 is 12.3 Å². The molecule has 0 radical (unpaired) electrons. The summed E-state index contributed by atoms with van der Waals surface area (Å²) in [6.07, 6.45) is -1.97. The van der Waals surface area contributed by atoms with E-state index in [2.05, 4.69) is 17.4 Å². The number of phenols is 1. The summed E-state index contributed by atoms with van der Waals surface area (Å²) < 4.78 is 44.7. The molecule has 0 aliphatic heterocycles. The standard InChI is InChI=1S/C26H22F3NO3/c27-26(28,29)24-15-18(31)13-12-17(24)7-5-6-14-30-25(32)33-16-23-21-10-3-1-8-19(21)20-9-2-4-11-22(20)23/h1-5,7-13,15,23,31H,6,14,16H2,(H,30,32). The minimum atomic E-state index is -4.57. The van der Waals surface area contributed by atoms with Crippen LogP contribution in [-0.2, 0) is 10.9 Å². The number of hydrogen-bond donors (Lipinski definition) is 2. The van der Waals surface area contributed by atoms with Gasteiger partial charge in [0.2, 0.25) is 0 Å². The molecular weight excluding hydrogens is 431 g/mol. The van der Waals surface area contributed by atoms with Crippen molar-refractivity contribution in [1.82, 2.24) is 5.32 Å². The minimum absolute atomic E-state index is 0.0432. The van der Waals surface area contributed by atoms with Gasteiger partial charge in [0.05, 0.1) is 5.56 Å². The Balaban J connectivity index is 1.29. The highest BCUT2D eigenvalue weighted by molar-refractivity contribution is 5.79. The van der Waals surface area contributed by atoms with Gasteiger partial charge in [-0.15, -0.1) is 0 Å². The molecule has 0 saturated heterocycles. The first-order valence-corrected chi connectivity index (χ1v) is 10.5. The molecule has 1 amide bonds. The molecule has 0 unspecified atom stereocenters. The second-order valence-corrected chi connectivity index (χ2v) is 7.71. The van der Waals surface area contributed by atoms with Crippen LogP contribution in [0.15, 0.2) is 72.8 Å². The van der Waals surface area contributed by atoms with Crippen LogP contribution < -0.4 is 5.32 Å². The fourth-order valence-corrected chi connectivity index (χ4v) is 4.05. The lowest BCUT2D eigenvalue weighted by atomic mass is 9.98. The Hall–Kier alpha value is -3.74. The summed E-state index contributed by atoms with van der Waals surface area (Å²) >= 11 is 0. The lowest BCUT2D eigenvalue weighted by molar-refractivity contribution is -0.137. The molecule has 7 heteroatoms. The Labute approximate surface area is 189 Å². The number of alkyl halides is 3. The highest BCUT2D eigenvalue weighted by Crippen LogP contribution is 2.44. The van der Waals surface area contributed by atoms with Crippen LogP contribution in [0.2, 0.25) is 0 Å². The fraction of sp³-hybridized carbons (Fsp3) is 0.192. The maximum atomic E-state index is 13.1. The van der Waals surface area contributed by atoms with Crippen LogP contribution in [0.1, 0.15) is 34.6 Å². The van der Waals surface area contributed by atoms with Crippen molar-refractivity contribution in [2.24, 2.45) is 0 Å². The van der Waals surface area contributed by atoms with Crippen LogP contribution in [-0.4, -0.2) is 24.4 Å². The number of benzene rings is 3. The van der Waals surface area contributed by atoms with Gasteiger partial charge in [-0.25, -0.2) is 4.79 Å². The van der Waals surface area contributed by atoms with Crippen molar-refractivity contribution in [3.05, 3.63) is 95.1 Å². The largest absolute Gasteiger partial charge is 0.508 e. The minimum Gasteiger partial charge on any atom is -0.508 e. The number of halogens is 3. The first-order chi connectivity index (χ1) is 15.8. The molecule has 4 nitrogen and oxygen atoms in total. The number of nitrogens with one attached hydrogen (secondary N) is 1. The number of amides is 1. The highest BCUT2D eigenvalue weighted by Gasteiger charge is 2.33. The molecule has 0 spiro atoms. The van der Waals surface area contributed by atoms with E-state index in [9.17, 15) is 23.1 Å². The zero-order valence-corrected chi connectivity index (χ0v) is 17.6. The van der Waals surface area contributed by atoms with Crippen molar-refractivity contribution in [3.63, 3.8) is 0 Å². The number of hydrogen-bond acceptors (Lipinski definition) is 3. The number of aromatic hydroxyl groups is 1. The molecule has 0 heterocycles. The van der Waals surface area contributed by atoms with E-state index in [4.69, 9.17) is 4.74 Å². The molecule has 0 atom stereocenters. The molecule has 3 aromatic rings. The molecule has 33 heavy (non-hydrogen) atoms. The molecule has 1 aliphatic carbocycles. The summed E-state index contributed by atoms with van der Waals surface area (Å²) in [5, 5.41) is 11.9. The van der Waals surface area contributed by atoms with E-state index in [-0.39, 0.29) is 24.6 Å². The van der Waals surface area contributed by atoms with Gasteiger partial charge in [0.15, 0.2) is 0 Å². The van der Waals surface area contributed by atoms with E-state index in [1.54, 1.807) is 0 Å². The van der Waals surface area contributed by atoms with E-state index < -0.39 is 23.6 Å². The summed E-state index contributed by atoms with van der Waals surface area (Å²) in [5.74, 6) is -0.491. The molecule has 2 N–H and O–H groups in total. The number of alkyl carbamates (subject to hydrolysis) is 1. The smallest absolute Gasteiger partial charge is 0.417 e. The number of fused-ring (bicyclic) bond motifs is 3. The average molecular weight is 453 g/mol.